The van der Waals surface area contributed by atoms with Crippen LogP contribution in [0.5, 0.6) is 5.75 Å². The molecule has 1 aliphatic heterocycles. The quantitative estimate of drug-likeness (QED) is 0.803. The van der Waals surface area contributed by atoms with Crippen LogP contribution < -0.4 is 10.1 Å². The summed E-state index contributed by atoms with van der Waals surface area (Å²) in [6.07, 6.45) is -4.20. The monoisotopic (exact) mass is 349 g/mol. The van der Waals surface area contributed by atoms with Gasteiger partial charge >= 0.3 is 17.2 Å². The van der Waals surface area contributed by atoms with E-state index in [1.54, 1.807) is 6.07 Å². The van der Waals surface area contributed by atoms with Gasteiger partial charge in [0.2, 0.25) is 0 Å². The van der Waals surface area contributed by atoms with Crippen LogP contribution in [0.4, 0.5) is 18.9 Å². The molecule has 1 unspecified atom stereocenters. The lowest BCUT2D eigenvalue weighted by atomic mass is 10.00. The first-order chi connectivity index (χ1) is 10.5. The maximum absolute atomic E-state index is 13.2. The molecule has 1 aliphatic rings. The lowest BCUT2D eigenvalue weighted by Crippen LogP contribution is -2.50. The molecule has 8 heteroatoms. The molecule has 2 N–H and O–H groups in total. The van der Waals surface area contributed by atoms with E-state index in [0.29, 0.717) is 18.2 Å². The number of ether oxygens (including phenoxy) is 1. The Labute approximate surface area is 135 Å². The van der Waals surface area contributed by atoms with Gasteiger partial charge in [-0.2, -0.15) is 13.2 Å². The predicted molar refractivity (Wildman–Crippen MR) is 80.6 cm³/mol. The highest BCUT2D eigenvalue weighted by Crippen LogP contribution is 2.48. The van der Waals surface area contributed by atoms with Crippen LogP contribution >= 0.6 is 11.6 Å². The molecule has 0 saturated heterocycles. The Morgan fingerprint density at radius 3 is 2.61 bits per heavy atom. The molecule has 1 heterocycles. The Kier molecular flexibility index (Phi) is 4.52. The minimum atomic E-state index is -5.09. The maximum Gasteiger partial charge on any atom is 0.448 e. The molecule has 0 aliphatic carbocycles. The lowest BCUT2D eigenvalue weighted by Gasteiger charge is -2.34. The fourth-order valence-electron chi connectivity index (χ4n) is 2.04. The zero-order valence-corrected chi connectivity index (χ0v) is 13.1. The maximum atomic E-state index is 13.2. The van der Waals surface area contributed by atoms with E-state index in [2.05, 4.69) is 5.32 Å². The molecule has 0 amide bonds. The Morgan fingerprint density at radius 1 is 1.43 bits per heavy atom. The second kappa shape index (κ2) is 5.96. The van der Waals surface area contributed by atoms with Crippen LogP contribution in [0.15, 0.2) is 23.8 Å². The summed E-state index contributed by atoms with van der Waals surface area (Å²) >= 11 is 5.50. The Morgan fingerprint density at radius 2 is 2.09 bits per heavy atom. The summed E-state index contributed by atoms with van der Waals surface area (Å²) in [5.41, 5.74) is -0.286. The number of hydrogen-bond donors (Lipinski definition) is 2. The number of carbonyl (C=O) groups is 1. The molecule has 4 nitrogen and oxygen atoms in total. The zero-order chi connectivity index (χ0) is 17.4. The summed E-state index contributed by atoms with van der Waals surface area (Å²) in [4.78, 5) is 11.1. The molecule has 1 aromatic rings. The smallest absolute Gasteiger partial charge is 0.448 e. The van der Waals surface area contributed by atoms with E-state index in [1.807, 2.05) is 13.8 Å². The largest absolute Gasteiger partial charge is 0.478 e. The number of benzene rings is 1. The van der Waals surface area contributed by atoms with Gasteiger partial charge in [0.05, 0.1) is 0 Å². The number of rotatable bonds is 4. The van der Waals surface area contributed by atoms with Gasteiger partial charge in [-0.25, -0.2) is 4.79 Å². The highest BCUT2D eigenvalue weighted by molar-refractivity contribution is 6.29. The molecule has 0 bridgehead atoms. The van der Waals surface area contributed by atoms with E-state index < -0.39 is 22.8 Å². The zero-order valence-electron chi connectivity index (χ0n) is 12.4. The molecule has 23 heavy (non-hydrogen) atoms. The molecule has 0 saturated carbocycles. The lowest BCUT2D eigenvalue weighted by molar-refractivity contribution is -0.204. The van der Waals surface area contributed by atoms with E-state index in [-0.39, 0.29) is 11.3 Å². The third-order valence-corrected chi connectivity index (χ3v) is 3.71. The van der Waals surface area contributed by atoms with Crippen molar-refractivity contribution < 1.29 is 27.8 Å². The number of halogens is 4. The summed E-state index contributed by atoms with van der Waals surface area (Å²) in [6, 6.07) is 4.48. The fraction of sp³-hybridized carbons (Fsp3) is 0.400. The van der Waals surface area contributed by atoms with Crippen molar-refractivity contribution in [1.82, 2.24) is 0 Å². The summed E-state index contributed by atoms with van der Waals surface area (Å²) in [6.45, 7) is 4.59. The number of carboxylic acids is 1. The Bertz CT molecular complexity index is 658. The van der Waals surface area contributed by atoms with Gasteiger partial charge in [-0.3, -0.25) is 0 Å². The van der Waals surface area contributed by atoms with Crippen LogP contribution in [-0.4, -0.2) is 28.9 Å². The number of aliphatic carboxylic acids is 1. The van der Waals surface area contributed by atoms with Crippen molar-refractivity contribution in [3.8, 4) is 5.75 Å². The van der Waals surface area contributed by atoms with Gasteiger partial charge in [0, 0.05) is 23.9 Å². The molecule has 0 fully saturated rings. The van der Waals surface area contributed by atoms with Gasteiger partial charge in [0.25, 0.3) is 0 Å². The van der Waals surface area contributed by atoms with Crippen molar-refractivity contribution in [2.75, 3.05) is 11.9 Å². The summed E-state index contributed by atoms with van der Waals surface area (Å²) in [5, 5.41) is 8.66. The molecular formula is C15H15ClF3NO3. The normalized spacial score (nSPS) is 20.6. The van der Waals surface area contributed by atoms with E-state index in [1.165, 1.54) is 12.1 Å². The van der Waals surface area contributed by atoms with Gasteiger partial charge in [0.15, 0.2) is 0 Å². The van der Waals surface area contributed by atoms with Crippen molar-refractivity contribution in [2.24, 2.45) is 5.92 Å². The summed E-state index contributed by atoms with van der Waals surface area (Å²) in [7, 11) is 0. The van der Waals surface area contributed by atoms with Gasteiger partial charge in [-0.05, 0) is 24.1 Å². The van der Waals surface area contributed by atoms with E-state index in [0.717, 1.165) is 6.08 Å². The number of nitrogens with one attached hydrogen (secondary N) is 1. The molecule has 126 valence electrons. The number of hydrogen-bond acceptors (Lipinski definition) is 3. The number of alkyl halides is 4. The van der Waals surface area contributed by atoms with Crippen molar-refractivity contribution in [3.63, 3.8) is 0 Å². The van der Waals surface area contributed by atoms with Crippen LogP contribution in [0, 0.1) is 5.92 Å². The number of fused-ring (bicyclic) bond motifs is 1. The molecule has 0 aromatic heterocycles. The third-order valence-electron chi connectivity index (χ3n) is 3.22. The van der Waals surface area contributed by atoms with Crippen LogP contribution in [0.25, 0.3) is 6.08 Å². The van der Waals surface area contributed by atoms with Crippen molar-refractivity contribution >= 4 is 29.3 Å². The standard InChI is InChI=1S/C15H15ClF3NO3/c1-8(2)7-20-10-4-3-9-5-11(13(21)22)14(16,15(17,18)19)23-12(9)6-10/h3-6,8,20H,7H2,1-2H3,(H,21,22). The molecule has 0 radical (unpaired) electrons. The first-order valence-corrected chi connectivity index (χ1v) is 7.20. The molecular weight excluding hydrogens is 335 g/mol. The summed E-state index contributed by atoms with van der Waals surface area (Å²) in [5.74, 6) is -1.58. The van der Waals surface area contributed by atoms with E-state index in [9.17, 15) is 18.0 Å². The van der Waals surface area contributed by atoms with Gasteiger partial charge in [0.1, 0.15) is 11.3 Å². The molecule has 0 spiro atoms. The molecule has 1 aromatic carbocycles. The second-order valence-corrected chi connectivity index (χ2v) is 6.12. The van der Waals surface area contributed by atoms with Gasteiger partial charge in [-0.1, -0.05) is 25.4 Å². The number of anilines is 1. The fourth-order valence-corrected chi connectivity index (χ4v) is 2.26. The van der Waals surface area contributed by atoms with Crippen molar-refractivity contribution in [3.05, 3.63) is 29.3 Å². The first-order valence-electron chi connectivity index (χ1n) is 6.82. The minimum absolute atomic E-state index is 0.129. The van der Waals surface area contributed by atoms with Crippen LogP contribution in [0.1, 0.15) is 19.4 Å². The topological polar surface area (TPSA) is 58.6 Å². The van der Waals surface area contributed by atoms with Crippen molar-refractivity contribution in [1.29, 1.82) is 0 Å². The minimum Gasteiger partial charge on any atom is -0.478 e. The van der Waals surface area contributed by atoms with Crippen molar-refractivity contribution in [2.45, 2.75) is 25.1 Å². The Balaban J connectivity index is 2.44. The molecule has 1 atom stereocenters. The second-order valence-electron chi connectivity index (χ2n) is 5.59. The van der Waals surface area contributed by atoms with Gasteiger partial charge < -0.3 is 15.2 Å². The van der Waals surface area contributed by atoms with E-state index in [4.69, 9.17) is 21.4 Å². The average Bonchev–Trinajstić information content (AvgIpc) is 2.42. The van der Waals surface area contributed by atoms with Gasteiger partial charge in [-0.15, -0.1) is 0 Å². The predicted octanol–water partition coefficient (Wildman–Crippen LogP) is 4.11. The highest BCUT2D eigenvalue weighted by Gasteiger charge is 2.62. The number of carboxylic acid groups (broad SMARTS) is 1. The summed E-state index contributed by atoms with van der Waals surface area (Å²) < 4.78 is 44.5. The third kappa shape index (κ3) is 3.39. The Hall–Kier alpha value is -1.89. The first kappa shape index (κ1) is 17.5. The molecule has 2 rings (SSSR count). The van der Waals surface area contributed by atoms with Crippen LogP contribution in [-0.2, 0) is 4.79 Å². The highest BCUT2D eigenvalue weighted by atomic mass is 35.5. The van der Waals surface area contributed by atoms with E-state index >= 15 is 0 Å². The van der Waals surface area contributed by atoms with Crippen LogP contribution in [0.3, 0.4) is 0 Å². The SMILES string of the molecule is CC(C)CNc1ccc2c(c1)OC(Cl)(C(F)(F)F)C(C(=O)O)=C2. The average molecular weight is 350 g/mol. The van der Waals surface area contributed by atoms with Crippen LogP contribution in [0.2, 0.25) is 0 Å².